The number of cyclic esters (lactones) is 1. The SMILES string of the molecule is Cc1cc2c(/C=C/CCO)c3c(nc2cc1F)-c1cc2c(c(=O)n1C3)COC(=O)C2O. The fourth-order valence-corrected chi connectivity index (χ4v) is 4.25. The highest BCUT2D eigenvalue weighted by molar-refractivity contribution is 5.94. The maximum absolute atomic E-state index is 14.3. The Morgan fingerprint density at radius 3 is 2.87 bits per heavy atom. The molecule has 0 spiro atoms. The lowest BCUT2D eigenvalue weighted by molar-refractivity contribution is -0.157. The molecule has 0 saturated carbocycles. The molecule has 1 unspecified atom stereocenters. The molecule has 8 heteroatoms. The van der Waals surface area contributed by atoms with E-state index in [1.807, 2.05) is 12.2 Å². The van der Waals surface area contributed by atoms with Gasteiger partial charge in [-0.2, -0.15) is 0 Å². The molecule has 2 aliphatic rings. The molecule has 4 heterocycles. The number of aryl methyl sites for hydroxylation is 1. The van der Waals surface area contributed by atoms with E-state index >= 15 is 0 Å². The van der Waals surface area contributed by atoms with Crippen molar-refractivity contribution >= 4 is 22.9 Å². The Morgan fingerprint density at radius 2 is 2.10 bits per heavy atom. The number of benzene rings is 1. The second kappa shape index (κ2) is 7.11. The Labute approximate surface area is 176 Å². The van der Waals surface area contributed by atoms with Gasteiger partial charge in [0.25, 0.3) is 5.56 Å². The van der Waals surface area contributed by atoms with Crippen LogP contribution in [0.3, 0.4) is 0 Å². The van der Waals surface area contributed by atoms with Gasteiger partial charge in [0.2, 0.25) is 0 Å². The summed E-state index contributed by atoms with van der Waals surface area (Å²) in [4.78, 5) is 29.6. The number of pyridine rings is 2. The Kier molecular flexibility index (Phi) is 4.49. The summed E-state index contributed by atoms with van der Waals surface area (Å²) in [5, 5.41) is 20.1. The molecule has 2 aliphatic heterocycles. The van der Waals surface area contributed by atoms with E-state index in [-0.39, 0.29) is 42.3 Å². The monoisotopic (exact) mass is 422 g/mol. The molecule has 0 amide bonds. The number of aliphatic hydroxyl groups is 2. The highest BCUT2D eigenvalue weighted by Gasteiger charge is 2.34. The van der Waals surface area contributed by atoms with E-state index in [2.05, 4.69) is 4.98 Å². The van der Waals surface area contributed by atoms with Crippen molar-refractivity contribution in [2.75, 3.05) is 6.61 Å². The minimum atomic E-state index is -1.53. The molecule has 2 N–H and O–H groups in total. The topological polar surface area (TPSA) is 102 Å². The lowest BCUT2D eigenvalue weighted by atomic mass is 9.97. The Hall–Kier alpha value is -3.36. The third-order valence-electron chi connectivity index (χ3n) is 5.86. The van der Waals surface area contributed by atoms with Gasteiger partial charge in [-0.05, 0) is 36.6 Å². The number of hydrogen-bond acceptors (Lipinski definition) is 6. The maximum atomic E-state index is 14.3. The smallest absolute Gasteiger partial charge is 0.340 e. The second-order valence-corrected chi connectivity index (χ2v) is 7.75. The molecule has 31 heavy (non-hydrogen) atoms. The standard InChI is InChI=1S/C23H19FN2O5/c1-11-6-13-12(4-2-3-5-27)15-9-26-19(20(15)25-18(13)8-17(11)24)7-14-16(22(26)29)10-31-23(30)21(14)28/h2,4,6-8,21,27-28H,3,5,9-10H2,1H3/b4-2+. The van der Waals surface area contributed by atoms with E-state index in [1.54, 1.807) is 19.1 Å². The van der Waals surface area contributed by atoms with Crippen molar-refractivity contribution in [3.05, 3.63) is 68.3 Å². The number of halogens is 1. The molecule has 1 atom stereocenters. The molecule has 5 rings (SSSR count). The van der Waals surface area contributed by atoms with Crippen LogP contribution < -0.4 is 5.56 Å². The van der Waals surface area contributed by atoms with Gasteiger partial charge in [-0.3, -0.25) is 4.79 Å². The molecule has 158 valence electrons. The number of aliphatic hydroxyl groups excluding tert-OH is 2. The number of carbonyl (C=O) groups is 1. The minimum Gasteiger partial charge on any atom is -0.458 e. The number of fused-ring (bicyclic) bond motifs is 5. The molecule has 0 fully saturated rings. The van der Waals surface area contributed by atoms with Gasteiger partial charge in [0, 0.05) is 29.2 Å². The maximum Gasteiger partial charge on any atom is 0.340 e. The van der Waals surface area contributed by atoms with Gasteiger partial charge in [0.1, 0.15) is 12.4 Å². The molecule has 2 aromatic heterocycles. The zero-order valence-electron chi connectivity index (χ0n) is 16.7. The zero-order chi connectivity index (χ0) is 21.9. The van der Waals surface area contributed by atoms with E-state index < -0.39 is 12.1 Å². The molecule has 0 bridgehead atoms. The van der Waals surface area contributed by atoms with Crippen LogP contribution in [0, 0.1) is 12.7 Å². The third-order valence-corrected chi connectivity index (χ3v) is 5.86. The van der Waals surface area contributed by atoms with Crippen LogP contribution in [0.1, 0.15) is 40.3 Å². The highest BCUT2D eigenvalue weighted by atomic mass is 19.1. The molecule has 0 radical (unpaired) electrons. The van der Waals surface area contributed by atoms with Crippen molar-refractivity contribution in [1.82, 2.24) is 9.55 Å². The molecular formula is C23H19FN2O5. The summed E-state index contributed by atoms with van der Waals surface area (Å²) in [6, 6.07) is 4.68. The van der Waals surface area contributed by atoms with Crippen LogP contribution in [-0.2, 0) is 22.7 Å². The number of aromatic nitrogens is 2. The second-order valence-electron chi connectivity index (χ2n) is 7.75. The van der Waals surface area contributed by atoms with E-state index in [0.717, 1.165) is 16.5 Å². The number of rotatable bonds is 3. The Balaban J connectivity index is 1.80. The van der Waals surface area contributed by atoms with Crippen molar-refractivity contribution in [3.63, 3.8) is 0 Å². The normalized spacial score (nSPS) is 17.0. The van der Waals surface area contributed by atoms with Crippen LogP contribution in [0.4, 0.5) is 4.39 Å². The molecule has 0 aliphatic carbocycles. The predicted octanol–water partition coefficient (Wildman–Crippen LogP) is 2.36. The average Bonchev–Trinajstić information content (AvgIpc) is 3.11. The van der Waals surface area contributed by atoms with Crippen molar-refractivity contribution < 1.29 is 24.1 Å². The first kappa shape index (κ1) is 19.6. The van der Waals surface area contributed by atoms with Crippen LogP contribution in [0.25, 0.3) is 28.4 Å². The molecule has 0 saturated heterocycles. The van der Waals surface area contributed by atoms with Crippen molar-refractivity contribution in [2.45, 2.75) is 32.6 Å². The minimum absolute atomic E-state index is 0.00627. The van der Waals surface area contributed by atoms with Crippen LogP contribution in [0.2, 0.25) is 0 Å². The Bertz CT molecular complexity index is 1360. The quantitative estimate of drug-likeness (QED) is 0.492. The first-order chi connectivity index (χ1) is 14.9. The van der Waals surface area contributed by atoms with Gasteiger partial charge < -0.3 is 19.5 Å². The zero-order valence-corrected chi connectivity index (χ0v) is 16.7. The van der Waals surface area contributed by atoms with Crippen LogP contribution in [-0.4, -0.2) is 32.3 Å². The van der Waals surface area contributed by atoms with Gasteiger partial charge in [-0.15, -0.1) is 0 Å². The van der Waals surface area contributed by atoms with Crippen molar-refractivity contribution in [2.24, 2.45) is 0 Å². The van der Waals surface area contributed by atoms with Crippen molar-refractivity contribution in [1.29, 1.82) is 0 Å². The number of nitrogens with zero attached hydrogens (tertiary/aromatic N) is 2. The number of ether oxygens (including phenoxy) is 1. The number of hydrogen-bond donors (Lipinski definition) is 2. The molecular weight excluding hydrogens is 403 g/mol. The van der Waals surface area contributed by atoms with E-state index in [0.29, 0.717) is 28.9 Å². The lowest BCUT2D eigenvalue weighted by Gasteiger charge is -2.21. The predicted molar refractivity (Wildman–Crippen MR) is 111 cm³/mol. The third kappa shape index (κ3) is 2.90. The van der Waals surface area contributed by atoms with Gasteiger partial charge in [0.15, 0.2) is 6.10 Å². The first-order valence-electron chi connectivity index (χ1n) is 9.92. The van der Waals surface area contributed by atoms with Crippen molar-refractivity contribution in [3.8, 4) is 11.4 Å². The van der Waals surface area contributed by atoms with Gasteiger partial charge in [-0.25, -0.2) is 14.2 Å². The van der Waals surface area contributed by atoms with E-state index in [1.165, 1.54) is 10.6 Å². The van der Waals surface area contributed by atoms with Crippen LogP contribution >= 0.6 is 0 Å². The summed E-state index contributed by atoms with van der Waals surface area (Å²) >= 11 is 0. The fraction of sp³-hybridized carbons (Fsp3) is 0.261. The summed E-state index contributed by atoms with van der Waals surface area (Å²) in [5.41, 5.74) is 3.57. The largest absolute Gasteiger partial charge is 0.458 e. The van der Waals surface area contributed by atoms with E-state index in [9.17, 15) is 19.1 Å². The summed E-state index contributed by atoms with van der Waals surface area (Å²) in [5.74, 6) is -1.18. The first-order valence-corrected chi connectivity index (χ1v) is 9.92. The Morgan fingerprint density at radius 1 is 1.29 bits per heavy atom. The lowest BCUT2D eigenvalue weighted by Crippen LogP contribution is -2.32. The molecule has 7 nitrogen and oxygen atoms in total. The average molecular weight is 422 g/mol. The molecule has 3 aromatic rings. The summed E-state index contributed by atoms with van der Waals surface area (Å²) in [6.07, 6.45) is 2.59. The summed E-state index contributed by atoms with van der Waals surface area (Å²) in [7, 11) is 0. The highest BCUT2D eigenvalue weighted by Crippen LogP contribution is 2.38. The summed E-state index contributed by atoms with van der Waals surface area (Å²) < 4.78 is 20.7. The van der Waals surface area contributed by atoms with Gasteiger partial charge >= 0.3 is 5.97 Å². The van der Waals surface area contributed by atoms with Crippen LogP contribution in [0.15, 0.2) is 29.1 Å². The molecule has 1 aromatic carbocycles. The van der Waals surface area contributed by atoms with Crippen LogP contribution in [0.5, 0.6) is 0 Å². The van der Waals surface area contributed by atoms with Gasteiger partial charge in [-0.1, -0.05) is 12.2 Å². The number of carbonyl (C=O) groups excluding carboxylic acids is 1. The van der Waals surface area contributed by atoms with Gasteiger partial charge in [0.05, 0.1) is 29.0 Å². The summed E-state index contributed by atoms with van der Waals surface area (Å²) in [6.45, 7) is 1.73. The fourth-order valence-electron chi connectivity index (χ4n) is 4.25. The van der Waals surface area contributed by atoms with E-state index in [4.69, 9.17) is 9.84 Å². The number of esters is 1.